The summed E-state index contributed by atoms with van der Waals surface area (Å²) in [6.07, 6.45) is 0.297. The first kappa shape index (κ1) is 24.2. The Balaban J connectivity index is 1.73. The number of para-hydroxylation sites is 4. The molecule has 6 rings (SSSR count). The molecule has 0 amide bonds. The maximum Gasteiger partial charge on any atom is 0.263 e. The van der Waals surface area contributed by atoms with Crippen molar-refractivity contribution in [2.45, 2.75) is 19.3 Å². The third-order valence-corrected chi connectivity index (χ3v) is 7.31. The van der Waals surface area contributed by atoms with E-state index in [-0.39, 0.29) is 22.6 Å². The van der Waals surface area contributed by atoms with Gasteiger partial charge in [-0.3, -0.25) is 18.7 Å². The highest BCUT2D eigenvalue weighted by molar-refractivity contribution is 5.90. The van der Waals surface area contributed by atoms with E-state index in [1.54, 1.807) is 45.5 Å². The lowest BCUT2D eigenvalue weighted by atomic mass is 9.87. The minimum atomic E-state index is -0.871. The molecule has 0 aliphatic heterocycles. The lowest BCUT2D eigenvalue weighted by molar-refractivity contribution is 0.455. The predicted molar refractivity (Wildman–Crippen MR) is 155 cm³/mol. The molecule has 6 heteroatoms. The van der Waals surface area contributed by atoms with E-state index in [1.165, 1.54) is 0 Å². The summed E-state index contributed by atoms with van der Waals surface area (Å²) in [4.78, 5) is 28.5. The third kappa shape index (κ3) is 3.80. The average Bonchev–Trinajstić information content (AvgIpc) is 2.97. The Kier molecular flexibility index (Phi) is 6.00. The molecule has 192 valence electrons. The van der Waals surface area contributed by atoms with Gasteiger partial charge >= 0.3 is 0 Å². The van der Waals surface area contributed by atoms with Crippen molar-refractivity contribution in [2.24, 2.45) is 0 Å². The summed E-state index contributed by atoms with van der Waals surface area (Å²) in [5, 5.41) is 24.1. The van der Waals surface area contributed by atoms with Crippen LogP contribution >= 0.6 is 0 Å². The summed E-state index contributed by atoms with van der Waals surface area (Å²) in [6.45, 7) is 1.84. The summed E-state index contributed by atoms with van der Waals surface area (Å²) >= 11 is 0. The molecule has 4 aromatic carbocycles. The van der Waals surface area contributed by atoms with Crippen molar-refractivity contribution in [1.29, 1.82) is 0 Å². The van der Waals surface area contributed by atoms with Crippen molar-refractivity contribution in [3.8, 4) is 22.9 Å². The van der Waals surface area contributed by atoms with Crippen LogP contribution in [0.1, 0.15) is 30.4 Å². The van der Waals surface area contributed by atoms with Crippen molar-refractivity contribution >= 4 is 21.8 Å². The van der Waals surface area contributed by atoms with Crippen molar-refractivity contribution in [3.63, 3.8) is 0 Å². The van der Waals surface area contributed by atoms with Crippen LogP contribution in [0.4, 0.5) is 0 Å². The van der Waals surface area contributed by atoms with Crippen LogP contribution in [0, 0.1) is 0 Å². The second kappa shape index (κ2) is 9.65. The standard InChI is InChI=1S/C33H26N2O4/c1-2-23(28-30(36)24-17-9-11-19-26(24)34(32(28)38)21-13-5-3-6-14-21)29-31(37)25-18-10-12-20-27(25)35(33(29)39)22-15-7-4-8-16-22/h3-20,23,36-37H,2H2,1H3. The van der Waals surface area contributed by atoms with Gasteiger partial charge in [-0.05, 0) is 55.0 Å². The van der Waals surface area contributed by atoms with Gasteiger partial charge in [0.05, 0.1) is 22.2 Å². The van der Waals surface area contributed by atoms with Crippen molar-refractivity contribution in [3.05, 3.63) is 141 Å². The van der Waals surface area contributed by atoms with Crippen LogP contribution in [0.2, 0.25) is 0 Å². The number of pyridine rings is 2. The molecular formula is C33H26N2O4. The van der Waals surface area contributed by atoms with Crippen LogP contribution in [0.25, 0.3) is 33.2 Å². The number of nitrogens with zero attached hydrogens (tertiary/aromatic N) is 2. The number of hydrogen-bond donors (Lipinski definition) is 2. The van der Waals surface area contributed by atoms with Gasteiger partial charge in [0.25, 0.3) is 11.1 Å². The fourth-order valence-corrected chi connectivity index (χ4v) is 5.54. The Hall–Kier alpha value is -5.10. The number of rotatable bonds is 5. The van der Waals surface area contributed by atoms with Gasteiger partial charge in [0, 0.05) is 28.1 Å². The van der Waals surface area contributed by atoms with Crippen LogP contribution in [0.3, 0.4) is 0 Å². The minimum Gasteiger partial charge on any atom is -0.507 e. The van der Waals surface area contributed by atoms with E-state index in [2.05, 4.69) is 0 Å². The summed E-state index contributed by atoms with van der Waals surface area (Å²) in [5.41, 5.74) is 1.64. The Labute approximate surface area is 224 Å². The van der Waals surface area contributed by atoms with Gasteiger partial charge in [0.2, 0.25) is 0 Å². The number of benzene rings is 4. The van der Waals surface area contributed by atoms with Crippen molar-refractivity contribution in [2.75, 3.05) is 0 Å². The van der Waals surface area contributed by atoms with Crippen LogP contribution in [0.15, 0.2) is 119 Å². The molecule has 39 heavy (non-hydrogen) atoms. The Morgan fingerprint density at radius 1 is 0.564 bits per heavy atom. The average molecular weight is 515 g/mol. The van der Waals surface area contributed by atoms with Crippen LogP contribution in [-0.2, 0) is 0 Å². The molecule has 0 radical (unpaired) electrons. The van der Waals surface area contributed by atoms with Crippen LogP contribution in [-0.4, -0.2) is 19.3 Å². The van der Waals surface area contributed by atoms with E-state index in [4.69, 9.17) is 0 Å². The minimum absolute atomic E-state index is 0.0716. The van der Waals surface area contributed by atoms with Crippen LogP contribution in [0.5, 0.6) is 11.5 Å². The lowest BCUT2D eigenvalue weighted by Crippen LogP contribution is -2.30. The fraction of sp³-hybridized carbons (Fsp3) is 0.0909. The first-order valence-electron chi connectivity index (χ1n) is 12.9. The molecular weight excluding hydrogens is 488 g/mol. The van der Waals surface area contributed by atoms with Crippen LogP contribution < -0.4 is 11.1 Å². The predicted octanol–water partition coefficient (Wildman–Crippen LogP) is 6.25. The highest BCUT2D eigenvalue weighted by Crippen LogP contribution is 2.40. The molecule has 0 atom stereocenters. The number of hydrogen-bond acceptors (Lipinski definition) is 4. The van der Waals surface area contributed by atoms with Gasteiger partial charge in [-0.15, -0.1) is 0 Å². The van der Waals surface area contributed by atoms with Gasteiger partial charge in [-0.2, -0.15) is 0 Å². The zero-order chi connectivity index (χ0) is 27.1. The van der Waals surface area contributed by atoms with E-state index >= 15 is 0 Å². The van der Waals surface area contributed by atoms with Crippen molar-refractivity contribution in [1.82, 2.24) is 9.13 Å². The van der Waals surface area contributed by atoms with Gasteiger partial charge in [-0.1, -0.05) is 67.6 Å². The Morgan fingerprint density at radius 3 is 1.31 bits per heavy atom. The third-order valence-electron chi connectivity index (χ3n) is 7.31. The molecule has 0 aliphatic rings. The lowest BCUT2D eigenvalue weighted by Gasteiger charge is -2.23. The highest BCUT2D eigenvalue weighted by atomic mass is 16.3. The molecule has 0 fully saturated rings. The molecule has 0 saturated heterocycles. The molecule has 0 saturated carbocycles. The topological polar surface area (TPSA) is 84.5 Å². The number of fused-ring (bicyclic) bond motifs is 2. The molecule has 2 heterocycles. The van der Waals surface area contributed by atoms with Gasteiger partial charge < -0.3 is 10.2 Å². The Bertz CT molecular complexity index is 1820. The zero-order valence-electron chi connectivity index (χ0n) is 21.3. The SMILES string of the molecule is CCC(c1c(O)c2ccccc2n(-c2ccccc2)c1=O)c1c(O)c2ccccc2n(-c2ccccc2)c1=O. The monoisotopic (exact) mass is 514 g/mol. The van der Waals surface area contributed by atoms with Crippen molar-refractivity contribution < 1.29 is 10.2 Å². The first-order chi connectivity index (χ1) is 19.0. The smallest absolute Gasteiger partial charge is 0.263 e. The summed E-state index contributed by atoms with van der Waals surface area (Å²) in [6, 6.07) is 32.7. The number of aromatic nitrogens is 2. The zero-order valence-corrected chi connectivity index (χ0v) is 21.3. The molecule has 0 bridgehead atoms. The second-order valence-electron chi connectivity index (χ2n) is 9.47. The van der Waals surface area contributed by atoms with E-state index in [0.717, 1.165) is 0 Å². The molecule has 6 nitrogen and oxygen atoms in total. The van der Waals surface area contributed by atoms with Gasteiger partial charge in [-0.25, -0.2) is 0 Å². The van der Waals surface area contributed by atoms with E-state index in [9.17, 15) is 19.8 Å². The Morgan fingerprint density at radius 2 is 0.923 bits per heavy atom. The molecule has 2 aromatic heterocycles. The highest BCUT2D eigenvalue weighted by Gasteiger charge is 2.30. The summed E-state index contributed by atoms with van der Waals surface area (Å²) < 4.78 is 3.11. The van der Waals surface area contributed by atoms with Gasteiger partial charge in [0.15, 0.2) is 0 Å². The maximum atomic E-state index is 14.2. The molecule has 0 aliphatic carbocycles. The van der Waals surface area contributed by atoms with E-state index in [0.29, 0.717) is 39.6 Å². The fourth-order valence-electron chi connectivity index (χ4n) is 5.54. The maximum absolute atomic E-state index is 14.2. The summed E-state index contributed by atoms with van der Waals surface area (Å²) in [5.74, 6) is -1.25. The van der Waals surface area contributed by atoms with E-state index < -0.39 is 17.0 Å². The quantitative estimate of drug-likeness (QED) is 0.285. The molecule has 2 N–H and O–H groups in total. The van der Waals surface area contributed by atoms with E-state index in [1.807, 2.05) is 79.7 Å². The largest absolute Gasteiger partial charge is 0.507 e. The molecule has 6 aromatic rings. The van der Waals surface area contributed by atoms with Gasteiger partial charge in [0.1, 0.15) is 11.5 Å². The number of aromatic hydroxyl groups is 2. The summed E-state index contributed by atoms with van der Waals surface area (Å²) in [7, 11) is 0. The second-order valence-corrected chi connectivity index (χ2v) is 9.47. The molecule has 0 spiro atoms. The first-order valence-corrected chi connectivity index (χ1v) is 12.9. The normalized spacial score (nSPS) is 11.4. The molecule has 0 unspecified atom stereocenters.